The molecule has 1 amide bonds. The van der Waals surface area contributed by atoms with Gasteiger partial charge in [-0.15, -0.1) is 0 Å². The Balaban J connectivity index is 2.09. The topological polar surface area (TPSA) is 110 Å². The Morgan fingerprint density at radius 3 is 2.40 bits per heavy atom. The highest BCUT2D eigenvalue weighted by Gasteiger charge is 2.42. The largest absolute Gasteiger partial charge is 0.495 e. The fraction of sp³-hybridized carbons (Fsp3) is 0.350. The van der Waals surface area contributed by atoms with Crippen LogP contribution in [0.2, 0.25) is 0 Å². The van der Waals surface area contributed by atoms with Crippen molar-refractivity contribution < 1.29 is 26.4 Å². The van der Waals surface area contributed by atoms with Gasteiger partial charge in [-0.3, -0.25) is 9.52 Å². The minimum atomic E-state index is -4.14. The molecule has 3 rings (SSSR count). The van der Waals surface area contributed by atoms with Crippen LogP contribution < -0.4 is 13.8 Å². The molecular formula is C20H24N2O6S2. The maximum atomic E-state index is 13.2. The van der Waals surface area contributed by atoms with E-state index in [2.05, 4.69) is 4.72 Å². The average Bonchev–Trinajstić information content (AvgIpc) is 2.88. The Hall–Kier alpha value is -2.59. The highest BCUT2D eigenvalue weighted by Crippen LogP contribution is 2.35. The van der Waals surface area contributed by atoms with Gasteiger partial charge < -0.3 is 4.74 Å². The molecule has 1 saturated heterocycles. The highest BCUT2D eigenvalue weighted by molar-refractivity contribution is 7.94. The van der Waals surface area contributed by atoms with Gasteiger partial charge in [0.2, 0.25) is 15.9 Å². The van der Waals surface area contributed by atoms with Gasteiger partial charge in [0, 0.05) is 0 Å². The zero-order valence-electron chi connectivity index (χ0n) is 17.1. The van der Waals surface area contributed by atoms with E-state index in [1.807, 2.05) is 26.0 Å². The molecule has 1 heterocycles. The quantitative estimate of drug-likeness (QED) is 0.722. The summed E-state index contributed by atoms with van der Waals surface area (Å²) in [5, 5.41) is 0. The summed E-state index contributed by atoms with van der Waals surface area (Å²) in [4.78, 5) is 12.1. The summed E-state index contributed by atoms with van der Waals surface area (Å²) in [6.07, 6.45) is 0. The predicted molar refractivity (Wildman–Crippen MR) is 115 cm³/mol. The monoisotopic (exact) mass is 452 g/mol. The second-order valence-corrected chi connectivity index (χ2v) is 11.0. The minimum Gasteiger partial charge on any atom is -0.495 e. The molecule has 1 N–H and O–H groups in total. The fourth-order valence-corrected chi connectivity index (χ4v) is 6.47. The lowest BCUT2D eigenvalue weighted by molar-refractivity contribution is -0.119. The zero-order valence-corrected chi connectivity index (χ0v) is 18.7. The lowest BCUT2D eigenvalue weighted by Crippen LogP contribution is -2.30. The van der Waals surface area contributed by atoms with Crippen molar-refractivity contribution in [3.8, 4) is 5.75 Å². The Labute approximate surface area is 177 Å². The number of carbonyl (C=O) groups is 1. The van der Waals surface area contributed by atoms with Crippen LogP contribution in [0, 0.1) is 5.92 Å². The predicted octanol–water partition coefficient (Wildman–Crippen LogP) is 2.93. The smallest absolute Gasteiger partial charge is 0.265 e. The molecule has 0 aliphatic carbocycles. The van der Waals surface area contributed by atoms with Gasteiger partial charge in [0.1, 0.15) is 10.6 Å². The van der Waals surface area contributed by atoms with Crippen molar-refractivity contribution in [1.82, 2.24) is 0 Å². The number of hydrogen-bond donors (Lipinski definition) is 1. The molecule has 0 spiro atoms. The van der Waals surface area contributed by atoms with Gasteiger partial charge in [-0.1, -0.05) is 39.0 Å². The summed E-state index contributed by atoms with van der Waals surface area (Å²) in [6, 6.07) is 10.9. The molecule has 2 aromatic rings. The summed E-state index contributed by atoms with van der Waals surface area (Å²) in [5.74, 6) is -1.51. The molecule has 1 atom stereocenters. The molecule has 0 saturated carbocycles. The molecule has 1 fully saturated rings. The van der Waals surface area contributed by atoms with Gasteiger partial charge in [-0.05, 0) is 35.7 Å². The third kappa shape index (κ3) is 4.01. The normalized spacial score (nSPS) is 18.6. The van der Waals surface area contributed by atoms with E-state index < -0.39 is 31.9 Å². The molecule has 8 nitrogen and oxygen atoms in total. The van der Waals surface area contributed by atoms with Crippen molar-refractivity contribution in [2.45, 2.75) is 31.6 Å². The summed E-state index contributed by atoms with van der Waals surface area (Å²) >= 11 is 0. The van der Waals surface area contributed by atoms with Crippen LogP contribution in [0.1, 0.15) is 32.3 Å². The number of rotatable bonds is 6. The van der Waals surface area contributed by atoms with E-state index in [9.17, 15) is 21.6 Å². The molecule has 10 heteroatoms. The van der Waals surface area contributed by atoms with Crippen molar-refractivity contribution in [3.05, 3.63) is 48.0 Å². The Kier molecular flexibility index (Phi) is 5.83. The molecule has 0 bridgehead atoms. The van der Waals surface area contributed by atoms with Crippen molar-refractivity contribution in [2.75, 3.05) is 21.9 Å². The molecule has 0 aromatic heterocycles. The first kappa shape index (κ1) is 22.1. The van der Waals surface area contributed by atoms with E-state index in [0.717, 1.165) is 11.6 Å². The summed E-state index contributed by atoms with van der Waals surface area (Å²) < 4.78 is 59.6. The number of nitrogens with one attached hydrogen (secondary N) is 1. The summed E-state index contributed by atoms with van der Waals surface area (Å²) in [6.45, 7) is 5.41. The molecule has 162 valence electrons. The number of anilines is 2. The van der Waals surface area contributed by atoms with Gasteiger partial charge in [0.25, 0.3) is 10.0 Å². The lowest BCUT2D eigenvalue weighted by Gasteiger charge is -2.19. The Morgan fingerprint density at radius 1 is 1.17 bits per heavy atom. The number of methoxy groups -OCH3 is 1. The van der Waals surface area contributed by atoms with Crippen LogP contribution in [0.4, 0.5) is 11.4 Å². The van der Waals surface area contributed by atoms with Crippen LogP contribution in [0.25, 0.3) is 0 Å². The number of benzene rings is 2. The average molecular weight is 453 g/mol. The lowest BCUT2D eigenvalue weighted by atomic mass is 10.0. The van der Waals surface area contributed by atoms with E-state index in [1.54, 1.807) is 12.1 Å². The molecule has 0 radical (unpaired) electrons. The first-order valence-corrected chi connectivity index (χ1v) is 12.4. The number of amides is 1. The first-order valence-electron chi connectivity index (χ1n) is 9.34. The maximum Gasteiger partial charge on any atom is 0.265 e. The fourth-order valence-electron chi connectivity index (χ4n) is 3.38. The van der Waals surface area contributed by atoms with Crippen molar-refractivity contribution in [2.24, 2.45) is 5.92 Å². The summed E-state index contributed by atoms with van der Waals surface area (Å²) in [7, 11) is -6.69. The van der Waals surface area contributed by atoms with E-state index in [-0.39, 0.29) is 28.0 Å². The molecule has 1 unspecified atom stereocenters. The van der Waals surface area contributed by atoms with Crippen LogP contribution >= 0.6 is 0 Å². The second kappa shape index (κ2) is 7.92. The maximum absolute atomic E-state index is 13.2. The molecule has 1 aliphatic rings. The third-order valence-electron chi connectivity index (χ3n) is 4.86. The molecule has 30 heavy (non-hydrogen) atoms. The van der Waals surface area contributed by atoms with Crippen LogP contribution in [-0.2, 0) is 24.8 Å². The van der Waals surface area contributed by atoms with Crippen molar-refractivity contribution in [1.29, 1.82) is 0 Å². The number of hydrogen-bond acceptors (Lipinski definition) is 6. The van der Waals surface area contributed by atoms with Gasteiger partial charge >= 0.3 is 0 Å². The van der Waals surface area contributed by atoms with E-state index in [4.69, 9.17) is 4.74 Å². The van der Waals surface area contributed by atoms with Gasteiger partial charge in [0.15, 0.2) is 0 Å². The zero-order chi connectivity index (χ0) is 22.3. The first-order chi connectivity index (χ1) is 14.0. The van der Waals surface area contributed by atoms with E-state index in [0.29, 0.717) is 9.99 Å². The van der Waals surface area contributed by atoms with Gasteiger partial charge in [-0.25, -0.2) is 21.1 Å². The minimum absolute atomic E-state index is 0.0328. The summed E-state index contributed by atoms with van der Waals surface area (Å²) in [5.41, 5.74) is 1.18. The number of nitrogens with zero attached hydrogens (tertiary/aromatic N) is 1. The van der Waals surface area contributed by atoms with Crippen molar-refractivity contribution in [3.63, 3.8) is 0 Å². The second-order valence-electron chi connectivity index (χ2n) is 7.46. The van der Waals surface area contributed by atoms with E-state index in [1.165, 1.54) is 26.2 Å². The van der Waals surface area contributed by atoms with Crippen LogP contribution in [0.15, 0.2) is 47.4 Å². The van der Waals surface area contributed by atoms with Gasteiger partial charge in [0.05, 0.1) is 30.2 Å². The molecule has 1 aliphatic heterocycles. The molecular weight excluding hydrogens is 428 g/mol. The highest BCUT2D eigenvalue weighted by atomic mass is 32.2. The SMILES string of the molecule is COc1ccc(N2C(=O)C(C)CS2(=O)=O)cc1S(=O)(=O)Nc1ccccc1C(C)C. The Bertz CT molecular complexity index is 1190. The molecule has 2 aromatic carbocycles. The van der Waals surface area contributed by atoms with Crippen LogP contribution in [0.3, 0.4) is 0 Å². The van der Waals surface area contributed by atoms with Gasteiger partial charge in [-0.2, -0.15) is 0 Å². The van der Waals surface area contributed by atoms with Crippen LogP contribution in [0.5, 0.6) is 5.75 Å². The number of sulfonamides is 2. The third-order valence-corrected chi connectivity index (χ3v) is 8.11. The Morgan fingerprint density at radius 2 is 1.83 bits per heavy atom. The number of carbonyl (C=O) groups excluding carboxylic acids is 1. The number of ether oxygens (including phenoxy) is 1. The van der Waals surface area contributed by atoms with Crippen LogP contribution in [-0.4, -0.2) is 35.6 Å². The number of para-hydroxylation sites is 1. The standard InChI is InChI=1S/C20H24N2O6S2/c1-13(2)16-7-5-6-8-17(16)21-30(26,27)19-11-15(9-10-18(19)28-4)22-20(23)14(3)12-29(22,24)25/h5-11,13-14,21H,12H2,1-4H3. The van der Waals surface area contributed by atoms with E-state index >= 15 is 0 Å². The van der Waals surface area contributed by atoms with Crippen molar-refractivity contribution >= 4 is 37.3 Å².